The molecule has 22 nitrogen and oxygen atoms in total. The van der Waals surface area contributed by atoms with E-state index in [0.717, 1.165) is 25.0 Å². The van der Waals surface area contributed by atoms with Crippen molar-refractivity contribution in [2.75, 3.05) is 31.1 Å². The van der Waals surface area contributed by atoms with Gasteiger partial charge in [0.05, 0.1) is 31.5 Å². The number of hydrogen-bond acceptors (Lipinski definition) is 13. The van der Waals surface area contributed by atoms with Gasteiger partial charge in [0.1, 0.15) is 18.1 Å². The van der Waals surface area contributed by atoms with Gasteiger partial charge in [0.15, 0.2) is 0 Å². The minimum Gasteiger partial charge on any atom is -0.368 e. The first-order valence-corrected chi connectivity index (χ1v) is 22.0. The zero-order chi connectivity index (χ0) is 44.9. The summed E-state index contributed by atoms with van der Waals surface area (Å²) in [6.45, 7) is 2.95. The third-order valence-corrected chi connectivity index (χ3v) is 11.9. The number of nitrogens with one attached hydrogen (secondary N) is 10. The number of aromatic amines is 1. The quantitative estimate of drug-likeness (QED) is 0.0138. The first-order valence-electron chi connectivity index (χ1n) is 20.3. The Morgan fingerprint density at radius 3 is 2.28 bits per heavy atom. The van der Waals surface area contributed by atoms with Crippen LogP contribution < -0.4 is 53.7 Å². The average Bonchev–Trinajstić information content (AvgIpc) is 3.96. The van der Waals surface area contributed by atoms with Crippen LogP contribution in [0.4, 0.5) is 4.79 Å². The maximum absolute atomic E-state index is 13.3. The zero-order valence-corrected chi connectivity index (χ0v) is 36.1. The fourth-order valence-corrected chi connectivity index (χ4v) is 8.63. The van der Waals surface area contributed by atoms with Crippen LogP contribution in [0.5, 0.6) is 0 Å². The molecule has 0 spiro atoms. The minimum absolute atomic E-state index is 0.00965. The maximum Gasteiger partial charge on any atom is 0.315 e. The highest BCUT2D eigenvalue weighted by molar-refractivity contribution is 8.00. The van der Waals surface area contributed by atoms with Gasteiger partial charge in [-0.05, 0) is 44.4 Å². The van der Waals surface area contributed by atoms with Gasteiger partial charge in [-0.15, -0.1) is 0 Å². The average molecular weight is 897 g/mol. The number of rotatable bonds is 28. The van der Waals surface area contributed by atoms with E-state index in [1.807, 2.05) is 25.6 Å². The first kappa shape index (κ1) is 50.3. The van der Waals surface area contributed by atoms with Gasteiger partial charge in [0.2, 0.25) is 47.3 Å². The van der Waals surface area contributed by atoms with Gasteiger partial charge in [0, 0.05) is 60.4 Å². The Balaban J connectivity index is 1.37. The Labute approximate surface area is 363 Å². The number of thiol groups is 1. The normalized spacial score (nSPS) is 18.6. The predicted molar refractivity (Wildman–Crippen MR) is 225 cm³/mol. The van der Waals surface area contributed by atoms with Crippen LogP contribution >= 0.6 is 24.4 Å². The number of urea groups is 1. The number of unbranched alkanes of at least 4 members (excludes halogenated alkanes) is 2. The number of fused-ring (bicyclic) bond motifs is 1. The fraction of sp³-hybridized carbons (Fsp3) is 0.676. The van der Waals surface area contributed by atoms with E-state index in [4.69, 9.17) is 10.9 Å². The van der Waals surface area contributed by atoms with Gasteiger partial charge in [-0.2, -0.15) is 24.4 Å². The third-order valence-electron chi connectivity index (χ3n) is 9.98. The van der Waals surface area contributed by atoms with Crippen molar-refractivity contribution >= 4 is 77.7 Å². The molecule has 3 heterocycles. The number of carbonyl (C=O) groups is 9. The molecule has 2 aliphatic heterocycles. The van der Waals surface area contributed by atoms with E-state index in [1.54, 1.807) is 0 Å². The van der Waals surface area contributed by atoms with E-state index < -0.39 is 78.5 Å². The Morgan fingerprint density at radius 2 is 1.61 bits per heavy atom. The number of imidazole rings is 1. The summed E-state index contributed by atoms with van der Waals surface area (Å²) < 4.78 is 0. The van der Waals surface area contributed by atoms with E-state index in [2.05, 4.69) is 65.1 Å². The lowest BCUT2D eigenvalue weighted by Gasteiger charge is -2.24. The van der Waals surface area contributed by atoms with Crippen molar-refractivity contribution in [3.63, 3.8) is 0 Å². The lowest BCUT2D eigenvalue weighted by atomic mass is 9.92. The summed E-state index contributed by atoms with van der Waals surface area (Å²) in [7, 11) is 0. The van der Waals surface area contributed by atoms with Crippen molar-refractivity contribution in [2.45, 2.75) is 114 Å². The molecule has 13 N–H and O–H groups in total. The fourth-order valence-electron chi connectivity index (χ4n) is 6.83. The highest BCUT2D eigenvalue weighted by Gasteiger charge is 2.42. The second kappa shape index (κ2) is 26.3. The highest BCUT2D eigenvalue weighted by Crippen LogP contribution is 2.33. The Kier molecular flexibility index (Phi) is 21.7. The molecule has 2 fully saturated rings. The van der Waals surface area contributed by atoms with Crippen molar-refractivity contribution in [1.82, 2.24) is 58.0 Å². The van der Waals surface area contributed by atoms with E-state index in [1.165, 1.54) is 18.0 Å². The molecule has 1 aromatic rings. The molecule has 1 unspecified atom stereocenters. The standard InChI is InChI=1S/C37H60N12O10S2/c1-20(2)11-21(12-29(51)49-59)34(55)46-25(17-60)36(57)45-24(13-22-14-39-19-43-22)35(56)42-15-30(52)41-16-31(53)44-23(33(38)54)7-5-6-10-40-28(50)9-4-3-8-27-32-26(18-61-27)47-37(58)48-32/h14,19-21,23-27,32,59-60H,3-13,15-18H2,1-2H3,(H2,38,54)(H,39,43)(H,40,50)(H,41,52)(H,42,56)(H,44,53)(H,45,57)(H,46,55)(H,49,51)(H2,47,48,58)/t21?,23-,24-,25-,26-,27-,32-/m0/s1. The molecule has 0 radical (unpaired) electrons. The monoisotopic (exact) mass is 896 g/mol. The summed E-state index contributed by atoms with van der Waals surface area (Å²) in [5.41, 5.74) is 7.44. The molecule has 61 heavy (non-hydrogen) atoms. The molecular weight excluding hydrogens is 837 g/mol. The molecule has 3 rings (SSSR count). The number of H-pyrrole nitrogens is 1. The number of nitrogens with zero attached hydrogens (tertiary/aromatic N) is 1. The zero-order valence-electron chi connectivity index (χ0n) is 34.4. The van der Waals surface area contributed by atoms with Gasteiger partial charge in [-0.3, -0.25) is 43.6 Å². The molecule has 24 heteroatoms. The summed E-state index contributed by atoms with van der Waals surface area (Å²) in [4.78, 5) is 119. The van der Waals surface area contributed by atoms with Crippen LogP contribution in [0, 0.1) is 11.8 Å². The van der Waals surface area contributed by atoms with Gasteiger partial charge in [-0.25, -0.2) is 15.3 Å². The Morgan fingerprint density at radius 1 is 0.869 bits per heavy atom. The summed E-state index contributed by atoms with van der Waals surface area (Å²) in [5, 5.41) is 30.3. The number of aromatic nitrogens is 2. The van der Waals surface area contributed by atoms with Crippen LogP contribution in [-0.2, 0) is 44.8 Å². The van der Waals surface area contributed by atoms with Gasteiger partial charge >= 0.3 is 6.03 Å². The smallest absolute Gasteiger partial charge is 0.315 e. The molecule has 0 saturated carbocycles. The van der Waals surface area contributed by atoms with Crippen LogP contribution in [0.2, 0.25) is 0 Å². The van der Waals surface area contributed by atoms with Crippen LogP contribution in [0.15, 0.2) is 12.5 Å². The largest absolute Gasteiger partial charge is 0.368 e. The molecule has 10 amide bonds. The van der Waals surface area contributed by atoms with Crippen LogP contribution in [0.1, 0.15) is 77.3 Å². The molecule has 0 bridgehead atoms. The number of hydroxylamine groups is 1. The second-order valence-electron chi connectivity index (χ2n) is 15.4. The molecule has 1 aromatic heterocycles. The lowest BCUT2D eigenvalue weighted by Crippen LogP contribution is -2.56. The number of nitrogens with two attached hydrogens (primary N) is 1. The number of carbonyl (C=O) groups excluding carboxylic acids is 9. The second-order valence-corrected chi connectivity index (χ2v) is 17.0. The van der Waals surface area contributed by atoms with Crippen LogP contribution in [0.3, 0.4) is 0 Å². The molecule has 7 atom stereocenters. The molecule has 0 aliphatic carbocycles. The van der Waals surface area contributed by atoms with E-state index in [0.29, 0.717) is 36.8 Å². The van der Waals surface area contributed by atoms with Crippen molar-refractivity contribution in [3.05, 3.63) is 18.2 Å². The topological polar surface area (TPSA) is 337 Å². The number of amides is 10. The van der Waals surface area contributed by atoms with E-state index in [9.17, 15) is 43.2 Å². The lowest BCUT2D eigenvalue weighted by molar-refractivity contribution is -0.136. The van der Waals surface area contributed by atoms with E-state index >= 15 is 0 Å². The maximum atomic E-state index is 13.3. The summed E-state index contributed by atoms with van der Waals surface area (Å²) in [6, 6.07) is -3.31. The van der Waals surface area contributed by atoms with Gasteiger partial charge in [-0.1, -0.05) is 20.3 Å². The van der Waals surface area contributed by atoms with Crippen molar-refractivity contribution in [1.29, 1.82) is 0 Å². The summed E-state index contributed by atoms with van der Waals surface area (Å²) in [5.74, 6) is -5.38. The Hall–Kier alpha value is -5.10. The van der Waals surface area contributed by atoms with Crippen molar-refractivity contribution in [2.24, 2.45) is 17.6 Å². The third kappa shape index (κ3) is 18.2. The summed E-state index contributed by atoms with van der Waals surface area (Å²) >= 11 is 6.01. The molecule has 0 aromatic carbocycles. The predicted octanol–water partition coefficient (Wildman–Crippen LogP) is -2.38. The first-order chi connectivity index (χ1) is 29.1. The van der Waals surface area contributed by atoms with E-state index in [-0.39, 0.29) is 61.4 Å². The van der Waals surface area contributed by atoms with Crippen LogP contribution in [-0.4, -0.2) is 135 Å². The van der Waals surface area contributed by atoms with Gasteiger partial charge in [0.25, 0.3) is 0 Å². The molecule has 2 aliphatic rings. The highest BCUT2D eigenvalue weighted by atomic mass is 32.2. The number of primary amides is 1. The van der Waals surface area contributed by atoms with Gasteiger partial charge < -0.3 is 53.3 Å². The SMILES string of the molecule is CC(C)CC(CC(=O)NO)C(=O)N[C@@H](CS)C(=O)N[C@@H](Cc1cnc[nH]1)C(=O)NCC(=O)NCC(=O)N[C@@H](CCCCNC(=O)CCCC[C@@H]1SC[C@@H]2NC(=O)N[C@@H]21)C(N)=O. The van der Waals surface area contributed by atoms with Crippen LogP contribution in [0.25, 0.3) is 0 Å². The number of thioether (sulfide) groups is 1. The van der Waals surface area contributed by atoms with Crippen molar-refractivity contribution in [3.8, 4) is 0 Å². The van der Waals surface area contributed by atoms with Crippen molar-refractivity contribution < 1.29 is 48.4 Å². The summed E-state index contributed by atoms with van der Waals surface area (Å²) in [6.07, 6.45) is 6.77. The molecule has 340 valence electrons. The minimum atomic E-state index is -1.25. The molecular formula is C37H60N12O10S2. The molecule has 2 saturated heterocycles. The Bertz CT molecular complexity index is 1670. The number of hydrogen-bond donors (Lipinski definition) is 13.